The molecule has 3 N–H and O–H groups in total. The summed E-state index contributed by atoms with van der Waals surface area (Å²) in [5.41, 5.74) is 6.89. The van der Waals surface area contributed by atoms with Crippen LogP contribution in [0.15, 0.2) is 29.6 Å². The molecule has 0 atom stereocenters. The number of rotatable bonds is 3. The van der Waals surface area contributed by atoms with E-state index in [0.29, 0.717) is 6.42 Å². The lowest BCUT2D eigenvalue weighted by atomic mass is 9.80. The molecular formula is C16H20N2OS. The van der Waals surface area contributed by atoms with Crippen molar-refractivity contribution in [3.05, 3.63) is 29.6 Å². The summed E-state index contributed by atoms with van der Waals surface area (Å²) >= 11 is 1.71. The summed E-state index contributed by atoms with van der Waals surface area (Å²) in [5.74, 6) is 0.0315. The van der Waals surface area contributed by atoms with Crippen LogP contribution < -0.4 is 11.1 Å². The molecule has 20 heavy (non-hydrogen) atoms. The van der Waals surface area contributed by atoms with Crippen LogP contribution in [0.3, 0.4) is 0 Å². The number of nitrogens with one attached hydrogen (secondary N) is 1. The van der Waals surface area contributed by atoms with Crippen LogP contribution in [0.4, 0.5) is 5.69 Å². The number of amides is 1. The average molecular weight is 288 g/mol. The lowest BCUT2D eigenvalue weighted by molar-refractivity contribution is -0.117. The standard InChI is InChI=1S/C16H20N2OS/c17-16(7-2-1-3-8-16)11-15(19)18-13-4-5-14-12(10-13)6-9-20-14/h4-6,9-10H,1-3,7-8,11,17H2,(H,18,19). The first kappa shape index (κ1) is 13.6. The van der Waals surface area contributed by atoms with Gasteiger partial charge in [0.25, 0.3) is 0 Å². The van der Waals surface area contributed by atoms with Gasteiger partial charge in [0.05, 0.1) is 0 Å². The van der Waals surface area contributed by atoms with Gasteiger partial charge >= 0.3 is 0 Å². The zero-order valence-corrected chi connectivity index (χ0v) is 12.3. The van der Waals surface area contributed by atoms with Crippen LogP contribution in [0.25, 0.3) is 10.1 Å². The van der Waals surface area contributed by atoms with E-state index < -0.39 is 0 Å². The topological polar surface area (TPSA) is 55.1 Å². The minimum absolute atomic E-state index is 0.0315. The molecule has 0 saturated heterocycles. The fourth-order valence-electron chi connectivity index (χ4n) is 3.00. The van der Waals surface area contributed by atoms with E-state index in [4.69, 9.17) is 5.73 Å². The van der Waals surface area contributed by atoms with E-state index in [-0.39, 0.29) is 11.4 Å². The first-order valence-corrected chi connectivity index (χ1v) is 8.09. The summed E-state index contributed by atoms with van der Waals surface area (Å²) in [7, 11) is 0. The summed E-state index contributed by atoms with van der Waals surface area (Å²) in [6, 6.07) is 8.10. The molecule has 0 radical (unpaired) electrons. The maximum atomic E-state index is 12.2. The quantitative estimate of drug-likeness (QED) is 0.900. The van der Waals surface area contributed by atoms with Crippen molar-refractivity contribution >= 4 is 33.0 Å². The van der Waals surface area contributed by atoms with Gasteiger partial charge in [-0.3, -0.25) is 4.79 Å². The molecule has 4 heteroatoms. The van der Waals surface area contributed by atoms with Gasteiger partial charge in [-0.15, -0.1) is 11.3 Å². The summed E-state index contributed by atoms with van der Waals surface area (Å²) in [6.45, 7) is 0. The lowest BCUT2D eigenvalue weighted by Crippen LogP contribution is -2.44. The maximum Gasteiger partial charge on any atom is 0.226 e. The predicted octanol–water partition coefficient (Wildman–Crippen LogP) is 3.89. The first-order chi connectivity index (χ1) is 9.65. The Bertz CT molecular complexity index is 614. The van der Waals surface area contributed by atoms with Crippen molar-refractivity contribution in [1.29, 1.82) is 0 Å². The van der Waals surface area contributed by atoms with Gasteiger partial charge in [0.1, 0.15) is 0 Å². The Balaban J connectivity index is 1.65. The number of benzene rings is 1. The zero-order chi connectivity index (χ0) is 14.0. The molecule has 1 aliphatic rings. The van der Waals surface area contributed by atoms with E-state index in [1.807, 2.05) is 12.1 Å². The molecular weight excluding hydrogens is 268 g/mol. The average Bonchev–Trinajstić information content (AvgIpc) is 2.86. The number of hydrogen-bond acceptors (Lipinski definition) is 3. The minimum Gasteiger partial charge on any atom is -0.326 e. The number of carbonyl (C=O) groups excluding carboxylic acids is 1. The van der Waals surface area contributed by atoms with Gasteiger partial charge in [-0.2, -0.15) is 0 Å². The maximum absolute atomic E-state index is 12.2. The van der Waals surface area contributed by atoms with E-state index in [2.05, 4.69) is 22.8 Å². The Hall–Kier alpha value is -1.39. The Morgan fingerprint density at radius 3 is 2.85 bits per heavy atom. The van der Waals surface area contributed by atoms with Crippen molar-refractivity contribution in [2.75, 3.05) is 5.32 Å². The molecule has 1 fully saturated rings. The molecule has 1 aromatic carbocycles. The van der Waals surface area contributed by atoms with Gasteiger partial charge in [-0.25, -0.2) is 0 Å². The fraction of sp³-hybridized carbons (Fsp3) is 0.438. The molecule has 0 bridgehead atoms. The van der Waals surface area contributed by atoms with Gasteiger partial charge in [0.2, 0.25) is 5.91 Å². The van der Waals surface area contributed by atoms with Crippen molar-refractivity contribution in [3.8, 4) is 0 Å². The summed E-state index contributed by atoms with van der Waals surface area (Å²) in [4.78, 5) is 12.2. The van der Waals surface area contributed by atoms with Crippen LogP contribution in [0, 0.1) is 0 Å². The first-order valence-electron chi connectivity index (χ1n) is 7.21. The van der Waals surface area contributed by atoms with E-state index >= 15 is 0 Å². The third-order valence-electron chi connectivity index (χ3n) is 4.10. The second-order valence-electron chi connectivity index (χ2n) is 5.82. The second kappa shape index (κ2) is 5.54. The number of hydrogen-bond donors (Lipinski definition) is 2. The van der Waals surface area contributed by atoms with Gasteiger partial charge in [-0.1, -0.05) is 19.3 Å². The minimum atomic E-state index is -0.297. The Morgan fingerprint density at radius 2 is 2.05 bits per heavy atom. The molecule has 3 rings (SSSR count). The number of anilines is 1. The molecule has 0 unspecified atom stereocenters. The number of nitrogens with two attached hydrogens (primary N) is 1. The lowest BCUT2D eigenvalue weighted by Gasteiger charge is -2.32. The molecule has 1 saturated carbocycles. The van der Waals surface area contributed by atoms with Crippen LogP contribution in [0.2, 0.25) is 0 Å². The van der Waals surface area contributed by atoms with Crippen LogP contribution >= 0.6 is 11.3 Å². The molecule has 1 heterocycles. The summed E-state index contributed by atoms with van der Waals surface area (Å²) in [6.07, 6.45) is 5.88. The highest BCUT2D eigenvalue weighted by atomic mass is 32.1. The Labute approximate surface area is 123 Å². The van der Waals surface area contributed by atoms with Crippen molar-refractivity contribution in [3.63, 3.8) is 0 Å². The Kier molecular flexibility index (Phi) is 3.76. The summed E-state index contributed by atoms with van der Waals surface area (Å²) < 4.78 is 1.24. The number of carbonyl (C=O) groups is 1. The third-order valence-corrected chi connectivity index (χ3v) is 5.00. The van der Waals surface area contributed by atoms with Gasteiger partial charge in [-0.05, 0) is 47.9 Å². The van der Waals surface area contributed by atoms with Crippen LogP contribution in [0.5, 0.6) is 0 Å². The van der Waals surface area contributed by atoms with Gasteiger partial charge in [0, 0.05) is 22.3 Å². The van der Waals surface area contributed by atoms with Crippen LogP contribution in [-0.2, 0) is 4.79 Å². The number of fused-ring (bicyclic) bond motifs is 1. The van der Waals surface area contributed by atoms with Gasteiger partial charge < -0.3 is 11.1 Å². The van der Waals surface area contributed by atoms with E-state index in [0.717, 1.165) is 31.4 Å². The van der Waals surface area contributed by atoms with Crippen LogP contribution in [-0.4, -0.2) is 11.4 Å². The monoisotopic (exact) mass is 288 g/mol. The highest BCUT2D eigenvalue weighted by Gasteiger charge is 2.29. The number of thiophene rings is 1. The van der Waals surface area contributed by atoms with Crippen molar-refractivity contribution in [2.45, 2.75) is 44.1 Å². The Morgan fingerprint density at radius 1 is 1.25 bits per heavy atom. The molecule has 1 amide bonds. The normalized spacial score (nSPS) is 18.1. The molecule has 3 nitrogen and oxygen atoms in total. The van der Waals surface area contributed by atoms with Crippen molar-refractivity contribution < 1.29 is 4.79 Å². The van der Waals surface area contributed by atoms with Crippen molar-refractivity contribution in [1.82, 2.24) is 0 Å². The van der Waals surface area contributed by atoms with Crippen molar-refractivity contribution in [2.24, 2.45) is 5.73 Å². The molecule has 2 aromatic rings. The molecule has 1 aromatic heterocycles. The predicted molar refractivity (Wildman–Crippen MR) is 85.1 cm³/mol. The van der Waals surface area contributed by atoms with Crippen LogP contribution in [0.1, 0.15) is 38.5 Å². The zero-order valence-electron chi connectivity index (χ0n) is 11.5. The van der Waals surface area contributed by atoms with Gasteiger partial charge in [0.15, 0.2) is 0 Å². The molecule has 106 valence electrons. The molecule has 0 aliphatic heterocycles. The van der Waals surface area contributed by atoms with E-state index in [9.17, 15) is 4.79 Å². The molecule has 0 spiro atoms. The highest BCUT2D eigenvalue weighted by Crippen LogP contribution is 2.29. The third kappa shape index (κ3) is 3.02. The largest absolute Gasteiger partial charge is 0.326 e. The highest BCUT2D eigenvalue weighted by molar-refractivity contribution is 7.17. The molecule has 1 aliphatic carbocycles. The summed E-state index contributed by atoms with van der Waals surface area (Å²) in [5, 5.41) is 6.22. The van der Waals surface area contributed by atoms with E-state index in [1.165, 1.54) is 16.5 Å². The SMILES string of the molecule is NC1(CC(=O)Nc2ccc3sccc3c2)CCCCC1. The fourth-order valence-corrected chi connectivity index (χ4v) is 3.77. The smallest absolute Gasteiger partial charge is 0.226 e. The van der Waals surface area contributed by atoms with E-state index in [1.54, 1.807) is 11.3 Å². The second-order valence-corrected chi connectivity index (χ2v) is 6.77.